The monoisotopic (exact) mass is 314 g/mol. The van der Waals surface area contributed by atoms with Gasteiger partial charge >= 0.3 is 13.3 Å². The zero-order chi connectivity index (χ0) is 16.8. The first-order valence-corrected chi connectivity index (χ1v) is 8.35. The van der Waals surface area contributed by atoms with Gasteiger partial charge in [-0.25, -0.2) is 0 Å². The molecule has 1 aliphatic carbocycles. The highest BCUT2D eigenvalue weighted by molar-refractivity contribution is 6.40. The van der Waals surface area contributed by atoms with E-state index in [1.54, 1.807) is 0 Å². The minimum absolute atomic E-state index is 0.241. The van der Waals surface area contributed by atoms with E-state index < -0.39 is 7.12 Å². The number of hydrogen-bond acceptors (Lipinski definition) is 6. The Morgan fingerprint density at radius 3 is 2.36 bits per heavy atom. The predicted octanol–water partition coefficient (Wildman–Crippen LogP) is 1.08. The molecule has 22 heavy (non-hydrogen) atoms. The van der Waals surface area contributed by atoms with Crippen LogP contribution >= 0.6 is 0 Å². The summed E-state index contributed by atoms with van der Waals surface area (Å²) in [6.45, 7) is 3.27. The van der Waals surface area contributed by atoms with Crippen LogP contribution in [0, 0.1) is 0 Å². The molecule has 0 aromatic heterocycles. The van der Waals surface area contributed by atoms with Crippen LogP contribution in [0.1, 0.15) is 64.7 Å². The second-order valence-corrected chi connectivity index (χ2v) is 6.21. The van der Waals surface area contributed by atoms with Gasteiger partial charge in [0.1, 0.15) is 0 Å². The Hall–Kier alpha value is -0.715. The quantitative estimate of drug-likeness (QED) is 0.317. The number of nitrogens with two attached hydrogens (primary N) is 1. The van der Waals surface area contributed by atoms with E-state index in [1.165, 1.54) is 32.1 Å². The van der Waals surface area contributed by atoms with Crippen LogP contribution < -0.4 is 11.1 Å². The molecule has 0 spiro atoms. The third-order valence-electron chi connectivity index (χ3n) is 4.16. The van der Waals surface area contributed by atoms with E-state index in [0.717, 1.165) is 32.2 Å². The Morgan fingerprint density at radius 1 is 1.23 bits per heavy atom. The summed E-state index contributed by atoms with van der Waals surface area (Å²) in [6, 6.07) is 0.241. The molecule has 6 nitrogen and oxygen atoms in total. The molecule has 7 heteroatoms. The molecule has 0 aliphatic heterocycles. The van der Waals surface area contributed by atoms with Crippen LogP contribution in [-0.4, -0.2) is 41.4 Å². The molecule has 1 saturated carbocycles. The summed E-state index contributed by atoms with van der Waals surface area (Å²) in [6.07, 6.45) is 11.1. The molecule has 0 heterocycles. The maximum Gasteiger partial charge on any atom is 0.451 e. The zero-order valence-electron chi connectivity index (χ0n) is 13.7. The van der Waals surface area contributed by atoms with Gasteiger partial charge in [-0.3, -0.25) is 0 Å². The first kappa shape index (κ1) is 21.3. The minimum Gasteiger partial charge on any atom is -0.427 e. The first-order valence-electron chi connectivity index (χ1n) is 8.35. The number of nitrogens with one attached hydrogen (secondary N) is 1. The van der Waals surface area contributed by atoms with Gasteiger partial charge in [-0.15, -0.1) is 0 Å². The van der Waals surface area contributed by atoms with Crippen molar-refractivity contribution in [2.45, 2.75) is 82.6 Å². The fraction of sp³-hybridized carbons (Fsp3) is 0.933. The number of unbranched alkanes of at least 4 members (excludes halogenated alkanes) is 2. The normalized spacial score (nSPS) is 16.2. The van der Waals surface area contributed by atoms with Crippen LogP contribution in [0.5, 0.6) is 0 Å². The van der Waals surface area contributed by atoms with E-state index in [9.17, 15) is 0 Å². The van der Waals surface area contributed by atoms with Crippen LogP contribution in [0.4, 0.5) is 0 Å². The summed E-state index contributed by atoms with van der Waals surface area (Å²) in [7, 11) is -1.16. The standard InChI is InChI=1S/C14H31BN2O2.CO2/c1-2-3-8-14(9-10-14)17-12-7-13(16)6-4-5-11-15(18)19;2-1-3/h13,17-19H,2-12,16H2,1H3;. The van der Waals surface area contributed by atoms with Gasteiger partial charge in [0.05, 0.1) is 0 Å². The maximum atomic E-state index is 8.74. The van der Waals surface area contributed by atoms with Gasteiger partial charge in [-0.05, 0) is 45.0 Å². The van der Waals surface area contributed by atoms with E-state index in [1.807, 2.05) is 0 Å². The molecular weight excluding hydrogens is 283 g/mol. The number of hydrogen-bond donors (Lipinski definition) is 4. The van der Waals surface area contributed by atoms with Crippen LogP contribution in [0.2, 0.25) is 6.32 Å². The Bertz CT molecular complexity index is 306. The van der Waals surface area contributed by atoms with Gasteiger partial charge in [-0.1, -0.05) is 32.6 Å². The molecule has 0 aromatic carbocycles. The fourth-order valence-corrected chi connectivity index (χ4v) is 2.58. The van der Waals surface area contributed by atoms with E-state index in [4.69, 9.17) is 25.4 Å². The van der Waals surface area contributed by atoms with Crippen molar-refractivity contribution in [3.63, 3.8) is 0 Å². The van der Waals surface area contributed by atoms with E-state index in [-0.39, 0.29) is 12.2 Å². The molecule has 1 rings (SSSR count). The lowest BCUT2D eigenvalue weighted by Crippen LogP contribution is -2.35. The molecule has 1 aliphatic rings. The van der Waals surface area contributed by atoms with Gasteiger partial charge in [0.2, 0.25) is 0 Å². The van der Waals surface area contributed by atoms with Crippen molar-refractivity contribution < 1.29 is 19.6 Å². The molecule has 0 bridgehead atoms. The molecule has 0 amide bonds. The average Bonchev–Trinajstić information content (AvgIpc) is 3.22. The largest absolute Gasteiger partial charge is 0.451 e. The second kappa shape index (κ2) is 12.8. The Morgan fingerprint density at radius 2 is 1.86 bits per heavy atom. The highest BCUT2D eigenvalue weighted by Gasteiger charge is 2.40. The third-order valence-corrected chi connectivity index (χ3v) is 4.16. The summed E-state index contributed by atoms with van der Waals surface area (Å²) in [5.74, 6) is 0. The highest BCUT2D eigenvalue weighted by Crippen LogP contribution is 2.39. The van der Waals surface area contributed by atoms with Gasteiger partial charge in [0.15, 0.2) is 0 Å². The van der Waals surface area contributed by atoms with Crippen molar-refractivity contribution in [1.29, 1.82) is 0 Å². The third kappa shape index (κ3) is 11.9. The molecule has 5 N–H and O–H groups in total. The topological polar surface area (TPSA) is 113 Å². The highest BCUT2D eigenvalue weighted by atomic mass is 16.4. The maximum absolute atomic E-state index is 8.74. The lowest BCUT2D eigenvalue weighted by atomic mass is 9.83. The zero-order valence-corrected chi connectivity index (χ0v) is 13.7. The summed E-state index contributed by atoms with van der Waals surface area (Å²) in [5, 5.41) is 21.2. The number of rotatable bonds is 12. The first-order chi connectivity index (χ1) is 10.5. The molecule has 0 radical (unpaired) electrons. The summed E-state index contributed by atoms with van der Waals surface area (Å²) < 4.78 is 0. The Balaban J connectivity index is 0.00000135. The van der Waals surface area contributed by atoms with Crippen molar-refractivity contribution in [1.82, 2.24) is 5.32 Å². The molecule has 1 fully saturated rings. The molecule has 1 atom stereocenters. The summed E-state index contributed by atoms with van der Waals surface area (Å²) in [5.41, 5.74) is 6.53. The smallest absolute Gasteiger partial charge is 0.427 e. The lowest BCUT2D eigenvalue weighted by Gasteiger charge is -2.19. The van der Waals surface area contributed by atoms with Crippen LogP contribution in [0.25, 0.3) is 0 Å². The Labute approximate surface area is 134 Å². The van der Waals surface area contributed by atoms with Crippen molar-refractivity contribution in [3.05, 3.63) is 0 Å². The van der Waals surface area contributed by atoms with Gasteiger partial charge in [0.25, 0.3) is 0 Å². The average molecular weight is 314 g/mol. The van der Waals surface area contributed by atoms with Crippen LogP contribution in [0.3, 0.4) is 0 Å². The van der Waals surface area contributed by atoms with Crippen LogP contribution in [-0.2, 0) is 9.59 Å². The lowest BCUT2D eigenvalue weighted by molar-refractivity contribution is -0.191. The molecule has 1 unspecified atom stereocenters. The fourth-order valence-electron chi connectivity index (χ4n) is 2.58. The van der Waals surface area contributed by atoms with Gasteiger partial charge in [0, 0.05) is 11.6 Å². The Kier molecular flexibility index (Phi) is 12.4. The van der Waals surface area contributed by atoms with Crippen molar-refractivity contribution in [2.75, 3.05) is 6.54 Å². The van der Waals surface area contributed by atoms with E-state index in [2.05, 4.69) is 12.2 Å². The van der Waals surface area contributed by atoms with E-state index >= 15 is 0 Å². The van der Waals surface area contributed by atoms with Crippen LogP contribution in [0.15, 0.2) is 0 Å². The second-order valence-electron chi connectivity index (χ2n) is 6.21. The molecule has 128 valence electrons. The van der Waals surface area contributed by atoms with Crippen molar-refractivity contribution >= 4 is 13.3 Å². The van der Waals surface area contributed by atoms with E-state index in [0.29, 0.717) is 11.9 Å². The van der Waals surface area contributed by atoms with Crippen molar-refractivity contribution in [2.24, 2.45) is 5.73 Å². The summed E-state index contributed by atoms with van der Waals surface area (Å²) >= 11 is 0. The molecular formula is C15H31BN2O4. The minimum atomic E-state index is -1.16. The predicted molar refractivity (Wildman–Crippen MR) is 85.9 cm³/mol. The molecule has 0 aromatic rings. The SMILES string of the molecule is CCCCC1(NCCC(N)CCCCB(O)O)CC1.O=C=O. The van der Waals surface area contributed by atoms with Crippen molar-refractivity contribution in [3.8, 4) is 0 Å². The number of carbonyl (C=O) groups excluding carboxylic acids is 2. The van der Waals surface area contributed by atoms with Gasteiger partial charge in [-0.2, -0.15) is 9.59 Å². The summed E-state index contributed by atoms with van der Waals surface area (Å²) in [4.78, 5) is 16.2. The van der Waals surface area contributed by atoms with Gasteiger partial charge < -0.3 is 21.1 Å². The molecule has 0 saturated heterocycles.